The van der Waals surface area contributed by atoms with Gasteiger partial charge in [0.1, 0.15) is 5.82 Å². The fourth-order valence-corrected chi connectivity index (χ4v) is 5.97. The van der Waals surface area contributed by atoms with Crippen LogP contribution in [0.1, 0.15) is 48.9 Å². The van der Waals surface area contributed by atoms with Crippen molar-refractivity contribution in [3.63, 3.8) is 0 Å². The fourth-order valence-electron chi connectivity index (χ4n) is 4.88. The van der Waals surface area contributed by atoms with E-state index in [-0.39, 0.29) is 16.1 Å². The van der Waals surface area contributed by atoms with E-state index in [1.165, 1.54) is 69.1 Å². The van der Waals surface area contributed by atoms with Crippen LogP contribution in [0.2, 0.25) is 0 Å². The summed E-state index contributed by atoms with van der Waals surface area (Å²) in [5.41, 5.74) is 0.812. The first-order valence-corrected chi connectivity index (χ1v) is 13.4. The van der Waals surface area contributed by atoms with Crippen molar-refractivity contribution in [3.8, 4) is 0 Å². The summed E-state index contributed by atoms with van der Waals surface area (Å²) in [5.74, 6) is -1.17. The average molecular weight is 490 g/mol. The number of halogens is 1. The van der Waals surface area contributed by atoms with Gasteiger partial charge in [0, 0.05) is 13.1 Å². The lowest BCUT2D eigenvalue weighted by molar-refractivity contribution is 0.0697. The molecule has 0 aromatic heterocycles. The lowest BCUT2D eigenvalue weighted by Gasteiger charge is -2.36. The third-order valence-electron chi connectivity index (χ3n) is 6.85. The number of carboxylic acid groups (broad SMARTS) is 1. The molecular formula is C25H32FN3O4S. The smallest absolute Gasteiger partial charge is 0.335 e. The summed E-state index contributed by atoms with van der Waals surface area (Å²) < 4.78 is 41.9. The van der Waals surface area contributed by atoms with Crippen molar-refractivity contribution in [1.29, 1.82) is 0 Å². The fraction of sp³-hybridized carbons (Fsp3) is 0.480. The highest BCUT2D eigenvalue weighted by molar-refractivity contribution is 7.92. The molecule has 0 spiro atoms. The van der Waals surface area contributed by atoms with Gasteiger partial charge in [0.05, 0.1) is 21.8 Å². The van der Waals surface area contributed by atoms with Crippen LogP contribution < -0.4 is 9.62 Å². The van der Waals surface area contributed by atoms with Crippen molar-refractivity contribution >= 4 is 27.4 Å². The Bertz CT molecular complexity index is 1110. The van der Waals surface area contributed by atoms with Gasteiger partial charge in [-0.2, -0.15) is 0 Å². The van der Waals surface area contributed by atoms with Gasteiger partial charge >= 0.3 is 5.97 Å². The van der Waals surface area contributed by atoms with Crippen molar-refractivity contribution in [2.75, 3.05) is 42.3 Å². The molecule has 2 N–H and O–H groups in total. The zero-order valence-corrected chi connectivity index (χ0v) is 20.1. The zero-order valence-electron chi connectivity index (χ0n) is 19.2. The van der Waals surface area contributed by atoms with Gasteiger partial charge in [-0.1, -0.05) is 12.5 Å². The van der Waals surface area contributed by atoms with E-state index >= 15 is 0 Å². The molecule has 2 heterocycles. The molecule has 2 aliphatic heterocycles. The Balaban J connectivity index is 1.47. The van der Waals surface area contributed by atoms with E-state index in [1.807, 2.05) is 0 Å². The van der Waals surface area contributed by atoms with Gasteiger partial charge in [-0.3, -0.25) is 4.72 Å². The van der Waals surface area contributed by atoms with Crippen LogP contribution in [0.15, 0.2) is 47.4 Å². The maximum atomic E-state index is 13.6. The number of rotatable bonds is 8. The van der Waals surface area contributed by atoms with E-state index in [4.69, 9.17) is 0 Å². The summed E-state index contributed by atoms with van der Waals surface area (Å²) in [7, 11) is -4.09. The standard InChI is InChI=1S/C25H32FN3O4S/c26-21-5-4-6-22(18-21)34(32,33)27-23-17-20(25(30)31)7-8-24(23)29-15-10-19(11-16-29)9-14-28-12-2-1-3-13-28/h4-8,17-19,27H,1-3,9-16H2,(H,30,31). The SMILES string of the molecule is O=C(O)c1ccc(N2CCC(CCN3CCCCC3)CC2)c(NS(=O)(=O)c2cccc(F)c2)c1. The summed E-state index contributed by atoms with van der Waals surface area (Å²) in [6, 6.07) is 9.22. The third kappa shape index (κ3) is 6.07. The van der Waals surface area contributed by atoms with E-state index in [2.05, 4.69) is 14.5 Å². The quantitative estimate of drug-likeness (QED) is 0.571. The summed E-state index contributed by atoms with van der Waals surface area (Å²) in [5, 5.41) is 9.42. The number of hydrogen-bond donors (Lipinski definition) is 2. The molecule has 0 amide bonds. The highest BCUT2D eigenvalue weighted by Crippen LogP contribution is 2.33. The number of likely N-dealkylation sites (tertiary alicyclic amines) is 1. The Morgan fingerprint density at radius 3 is 2.44 bits per heavy atom. The lowest BCUT2D eigenvalue weighted by atomic mass is 9.92. The Kier molecular flexibility index (Phi) is 7.73. The topological polar surface area (TPSA) is 89.9 Å². The third-order valence-corrected chi connectivity index (χ3v) is 8.21. The number of sulfonamides is 1. The molecule has 0 unspecified atom stereocenters. The lowest BCUT2D eigenvalue weighted by Crippen LogP contribution is -2.36. The molecule has 0 atom stereocenters. The molecule has 4 rings (SSSR count). The second-order valence-corrected chi connectivity index (χ2v) is 10.9. The van der Waals surface area contributed by atoms with E-state index < -0.39 is 21.8 Å². The van der Waals surface area contributed by atoms with Crippen molar-refractivity contribution in [1.82, 2.24) is 4.90 Å². The van der Waals surface area contributed by atoms with Crippen molar-refractivity contribution in [3.05, 3.63) is 53.8 Å². The summed E-state index contributed by atoms with van der Waals surface area (Å²) in [6.45, 7) is 5.07. The molecule has 0 bridgehead atoms. The molecule has 2 aliphatic rings. The Labute approximate surface area is 200 Å². The first-order valence-electron chi connectivity index (χ1n) is 11.9. The van der Waals surface area contributed by atoms with E-state index in [1.54, 1.807) is 6.07 Å². The summed E-state index contributed by atoms with van der Waals surface area (Å²) in [4.78, 5) is 16.0. The molecule has 34 heavy (non-hydrogen) atoms. The van der Waals surface area contributed by atoms with Gasteiger partial charge in [-0.05, 0) is 94.1 Å². The van der Waals surface area contributed by atoms with Gasteiger partial charge in [-0.25, -0.2) is 17.6 Å². The van der Waals surface area contributed by atoms with Crippen LogP contribution in [0, 0.1) is 11.7 Å². The van der Waals surface area contributed by atoms with Gasteiger partial charge in [0.25, 0.3) is 10.0 Å². The molecule has 0 aliphatic carbocycles. The first-order chi connectivity index (χ1) is 16.3. The minimum absolute atomic E-state index is 0.0166. The van der Waals surface area contributed by atoms with Crippen LogP contribution in [-0.2, 0) is 10.0 Å². The normalized spacial score (nSPS) is 18.1. The highest BCUT2D eigenvalue weighted by atomic mass is 32.2. The Morgan fingerprint density at radius 1 is 1.03 bits per heavy atom. The predicted molar refractivity (Wildman–Crippen MR) is 130 cm³/mol. The second-order valence-electron chi connectivity index (χ2n) is 9.22. The summed E-state index contributed by atoms with van der Waals surface area (Å²) >= 11 is 0. The van der Waals surface area contributed by atoms with Crippen LogP contribution in [0.3, 0.4) is 0 Å². The van der Waals surface area contributed by atoms with Crippen LogP contribution >= 0.6 is 0 Å². The van der Waals surface area contributed by atoms with Crippen molar-refractivity contribution in [2.24, 2.45) is 5.92 Å². The molecule has 2 fully saturated rings. The molecule has 0 radical (unpaired) electrons. The zero-order chi connectivity index (χ0) is 24.1. The monoisotopic (exact) mass is 489 g/mol. The van der Waals surface area contributed by atoms with Crippen LogP contribution in [0.25, 0.3) is 0 Å². The molecule has 2 aromatic carbocycles. The molecule has 184 valence electrons. The number of carbonyl (C=O) groups is 1. The van der Waals surface area contributed by atoms with Crippen LogP contribution in [0.4, 0.5) is 15.8 Å². The minimum Gasteiger partial charge on any atom is -0.478 e. The highest BCUT2D eigenvalue weighted by Gasteiger charge is 2.25. The maximum Gasteiger partial charge on any atom is 0.335 e. The molecule has 2 aromatic rings. The second kappa shape index (κ2) is 10.7. The van der Waals surface area contributed by atoms with E-state index in [0.29, 0.717) is 11.6 Å². The Hall–Kier alpha value is -2.65. The number of aromatic carboxylic acids is 1. The van der Waals surface area contributed by atoms with Crippen LogP contribution in [0.5, 0.6) is 0 Å². The van der Waals surface area contributed by atoms with Gasteiger partial charge < -0.3 is 14.9 Å². The molecule has 7 nitrogen and oxygen atoms in total. The van der Waals surface area contributed by atoms with Gasteiger partial charge in [-0.15, -0.1) is 0 Å². The van der Waals surface area contributed by atoms with Crippen molar-refractivity contribution in [2.45, 2.75) is 43.4 Å². The number of carboxylic acids is 1. The first kappa shape index (κ1) is 24.5. The minimum atomic E-state index is -4.09. The molecule has 9 heteroatoms. The molecular weight excluding hydrogens is 457 g/mol. The maximum absolute atomic E-state index is 13.6. The van der Waals surface area contributed by atoms with Crippen molar-refractivity contribution < 1.29 is 22.7 Å². The van der Waals surface area contributed by atoms with Gasteiger partial charge in [0.2, 0.25) is 0 Å². The largest absolute Gasteiger partial charge is 0.478 e. The molecule has 0 saturated carbocycles. The predicted octanol–water partition coefficient (Wildman–Crippen LogP) is 4.42. The van der Waals surface area contributed by atoms with E-state index in [0.717, 1.165) is 38.5 Å². The van der Waals surface area contributed by atoms with Gasteiger partial charge in [0.15, 0.2) is 0 Å². The number of nitrogens with zero attached hydrogens (tertiary/aromatic N) is 2. The number of anilines is 2. The van der Waals surface area contributed by atoms with E-state index in [9.17, 15) is 22.7 Å². The summed E-state index contributed by atoms with van der Waals surface area (Å²) in [6.07, 6.45) is 7.10. The number of piperidine rings is 2. The number of hydrogen-bond acceptors (Lipinski definition) is 5. The number of benzene rings is 2. The number of nitrogens with one attached hydrogen (secondary N) is 1. The van der Waals surface area contributed by atoms with Crippen LogP contribution in [-0.4, -0.2) is 57.1 Å². The Morgan fingerprint density at radius 2 is 1.76 bits per heavy atom. The average Bonchev–Trinajstić information content (AvgIpc) is 2.83. The molecule has 2 saturated heterocycles.